The molecule has 5 aliphatic rings. The second-order valence-corrected chi connectivity index (χ2v) is 34.9. The summed E-state index contributed by atoms with van der Waals surface area (Å²) >= 11 is 0. The van der Waals surface area contributed by atoms with Crippen LogP contribution in [0.5, 0.6) is 0 Å². The Morgan fingerprint density at radius 2 is 1.42 bits per heavy atom. The van der Waals surface area contributed by atoms with Crippen molar-refractivity contribution < 1.29 is 95.9 Å². The molecule has 0 spiro atoms. The first-order valence-corrected chi connectivity index (χ1v) is 45.8. The van der Waals surface area contributed by atoms with Crippen molar-refractivity contribution in [2.24, 2.45) is 35.5 Å². The highest BCUT2D eigenvalue weighted by molar-refractivity contribution is 6.39. The van der Waals surface area contributed by atoms with Gasteiger partial charge in [0.1, 0.15) is 59.7 Å². The van der Waals surface area contributed by atoms with Crippen LogP contribution in [0, 0.1) is 35.5 Å². The molecular weight excluding hydrogens is 1670 g/mol. The number of carbonyl (C=O) groups is 8. The molecule has 130 heavy (non-hydrogen) atoms. The van der Waals surface area contributed by atoms with Crippen LogP contribution in [0.25, 0.3) is 33.3 Å². The number of unbranched alkanes of at least 4 members (excludes halogenated alkanes) is 1. The molecule has 1 aliphatic carbocycles. The lowest BCUT2D eigenvalue weighted by atomic mass is 9.78. The number of cyclic esters (lactones) is 1. The molecule has 3 amide bonds. The minimum Gasteiger partial charge on any atom is -0.460 e. The van der Waals surface area contributed by atoms with Gasteiger partial charge in [0.25, 0.3) is 17.6 Å². The number of aliphatic hydroxyl groups is 2. The summed E-state index contributed by atoms with van der Waals surface area (Å²) in [6.07, 6.45) is 23.5. The number of aryl methyl sites for hydroxylation is 2. The monoisotopic (exact) mass is 1800 g/mol. The van der Waals surface area contributed by atoms with Gasteiger partial charge in [-0.3, -0.25) is 33.6 Å². The zero-order valence-corrected chi connectivity index (χ0v) is 76.8. The number of carbonyl (C=O) groups excluding carboxylic acids is 8. The van der Waals surface area contributed by atoms with Crippen LogP contribution in [0.2, 0.25) is 0 Å². The molecule has 708 valence electrons. The van der Waals surface area contributed by atoms with Gasteiger partial charge < -0.3 is 93.6 Å². The fraction of sp³-hybridized carbons (Fsp3) is 0.617. The normalized spacial score (nSPS) is 26.8. The quantitative estimate of drug-likeness (QED) is 0.00956. The molecule has 0 unspecified atom stereocenters. The van der Waals surface area contributed by atoms with E-state index in [0.717, 1.165) is 40.6 Å². The van der Waals surface area contributed by atoms with E-state index < -0.39 is 102 Å². The molecular formula is C94H132N16O20. The van der Waals surface area contributed by atoms with Crippen LogP contribution in [-0.4, -0.2) is 286 Å². The summed E-state index contributed by atoms with van der Waals surface area (Å²) in [6.45, 7) is 19.0. The minimum atomic E-state index is -2.49. The highest BCUT2D eigenvalue weighted by Crippen LogP contribution is 2.40. The number of fused-ring (bicyclic) bond motifs is 5. The Morgan fingerprint density at radius 3 is 2.12 bits per heavy atom. The number of allylic oxidation sites excluding steroid dienone is 6. The zero-order chi connectivity index (χ0) is 92.8. The van der Waals surface area contributed by atoms with E-state index in [-0.39, 0.29) is 93.6 Å². The van der Waals surface area contributed by atoms with Crippen LogP contribution >= 0.6 is 0 Å². The smallest absolute Gasteiger partial charge is 0.329 e. The number of rotatable bonds is 34. The van der Waals surface area contributed by atoms with Gasteiger partial charge in [-0.15, -0.1) is 0 Å². The maximum absolute atomic E-state index is 14.8. The van der Waals surface area contributed by atoms with Crippen LogP contribution in [0.15, 0.2) is 103 Å². The van der Waals surface area contributed by atoms with E-state index in [1.54, 1.807) is 66.6 Å². The molecule has 3 saturated heterocycles. The first-order valence-electron chi connectivity index (χ1n) is 45.8. The van der Waals surface area contributed by atoms with Gasteiger partial charge >= 0.3 is 11.9 Å². The van der Waals surface area contributed by atoms with Gasteiger partial charge in [0.2, 0.25) is 23.6 Å². The molecule has 0 radical (unpaired) electrons. The number of nitrogens with zero attached hydrogens (tertiary/aromatic N) is 12. The second kappa shape index (κ2) is 49.8. The highest BCUT2D eigenvalue weighted by Gasteiger charge is 2.53. The van der Waals surface area contributed by atoms with E-state index in [9.17, 15) is 48.6 Å². The fourth-order valence-electron chi connectivity index (χ4n) is 17.5. The summed E-state index contributed by atoms with van der Waals surface area (Å²) in [5, 5.41) is 36.1. The number of anilines is 3. The Hall–Kier alpha value is -10.3. The van der Waals surface area contributed by atoms with E-state index in [2.05, 4.69) is 55.4 Å². The number of pyridine rings is 1. The van der Waals surface area contributed by atoms with Crippen molar-refractivity contribution in [3.05, 3.63) is 114 Å². The molecule has 36 heteroatoms. The Balaban J connectivity index is 0.561. The highest BCUT2D eigenvalue weighted by atomic mass is 16.6. The molecule has 15 atom stereocenters. The Kier molecular flexibility index (Phi) is 38.4. The number of nitrogens with two attached hydrogens (primary N) is 1. The van der Waals surface area contributed by atoms with Crippen molar-refractivity contribution in [3.8, 4) is 11.3 Å². The van der Waals surface area contributed by atoms with Crippen molar-refractivity contribution >= 4 is 86.8 Å². The van der Waals surface area contributed by atoms with E-state index in [1.807, 2.05) is 79.1 Å². The number of aliphatic hydroxyl groups excluding tert-OH is 1. The van der Waals surface area contributed by atoms with Gasteiger partial charge in [-0.2, -0.15) is 5.10 Å². The third-order valence-corrected chi connectivity index (χ3v) is 25.3. The van der Waals surface area contributed by atoms with Crippen molar-refractivity contribution in [2.75, 3.05) is 136 Å². The average Bonchev–Trinajstić information content (AvgIpc) is 1.56. The van der Waals surface area contributed by atoms with Gasteiger partial charge in [0.15, 0.2) is 11.4 Å². The van der Waals surface area contributed by atoms with Crippen molar-refractivity contribution in [1.29, 1.82) is 0 Å². The van der Waals surface area contributed by atoms with Gasteiger partial charge in [-0.1, -0.05) is 71.1 Å². The lowest BCUT2D eigenvalue weighted by Crippen LogP contribution is -2.61. The van der Waals surface area contributed by atoms with Gasteiger partial charge in [-0.25, -0.2) is 44.4 Å². The molecule has 2 bridgehead atoms. The number of piperidine rings is 1. The molecule has 0 aromatic carbocycles. The number of esters is 2. The number of aromatic amines is 1. The Labute approximate surface area is 759 Å². The number of H-pyrrole nitrogens is 1. The molecule has 11 rings (SSSR count). The van der Waals surface area contributed by atoms with E-state index in [1.165, 1.54) is 30.7 Å². The third-order valence-electron chi connectivity index (χ3n) is 25.3. The van der Waals surface area contributed by atoms with Crippen LogP contribution in [0.1, 0.15) is 167 Å². The number of nitrogen functional groups attached to an aromatic ring is 1. The number of methoxy groups -OCH3 is 3. The third kappa shape index (κ3) is 27.9. The summed E-state index contributed by atoms with van der Waals surface area (Å²) in [5.74, 6) is -8.17. The molecule has 1 saturated carbocycles. The van der Waals surface area contributed by atoms with Crippen LogP contribution in [0.4, 0.5) is 17.7 Å². The predicted molar refractivity (Wildman–Crippen MR) is 483 cm³/mol. The molecule has 10 heterocycles. The van der Waals surface area contributed by atoms with Gasteiger partial charge in [-0.05, 0) is 144 Å². The van der Waals surface area contributed by atoms with Crippen molar-refractivity contribution in [3.63, 3.8) is 0 Å². The Bertz CT molecular complexity index is 4840. The summed E-state index contributed by atoms with van der Waals surface area (Å²) in [5.41, 5.74) is 11.5. The Morgan fingerprint density at radius 1 is 0.715 bits per heavy atom. The molecule has 6 aromatic rings. The number of ether oxygens (including phenoxy) is 10. The summed E-state index contributed by atoms with van der Waals surface area (Å²) in [4.78, 5) is 151. The van der Waals surface area contributed by atoms with E-state index in [4.69, 9.17) is 58.2 Å². The number of amides is 3. The van der Waals surface area contributed by atoms with Crippen LogP contribution < -0.4 is 26.2 Å². The number of hydrogen-bond acceptors (Lipinski definition) is 31. The number of hydrogen-bond donors (Lipinski definition) is 6. The molecule has 36 nitrogen and oxygen atoms in total. The van der Waals surface area contributed by atoms with E-state index >= 15 is 0 Å². The number of ketones is 3. The molecule has 7 N–H and O–H groups in total. The standard InChI is InChI=1S/C94H132N16O20/c1-59-18-12-11-13-19-60(2)75(121-8)51-71-24-21-65(7)94(120,130-71)85(116)90(118)109-32-16-14-20-72(109)91(119)129-76(52-73(111)61(3)47-64(6)83(115)84(123-10)82(114)63(5)46-59)62(4)48-66-22-25-74(77(49-66)122-9)128-79(113)26-23-67-53-100-92(101-54-67)107-34-36-108(37-35-107)93-102-56-70(57-103-93)89(117)98-31-39-125-41-43-127-45-44-126-42-40-124-38-28-78(112)96-29-15-17-33-110-88-80(86(95)104-58-105-88)81(106-110)69-50-68-27-30-97-87(68)99-55-69/h11-13,18-19,27,30,47,50,53-59,61-63,65-66,71-72,74-77,83-84,115,120H,14-17,20-26,28-29,31-46,48-49,51-52H2,1-10H3,(H,96,112)(H,97,99)(H,98,117)(H2,95,104,105)/b13-11+,18-12+,60-19+,64-47+/t59-,61-,62-,63-,65-,66+,71+,72+,74-,75+,76+,77-,83-,84+,94-/m1/s1. The minimum absolute atomic E-state index is 0.0231. The first-order chi connectivity index (χ1) is 62.7. The van der Waals surface area contributed by atoms with Gasteiger partial charge in [0.05, 0.1) is 82.1 Å². The van der Waals surface area contributed by atoms with Crippen LogP contribution in [0.3, 0.4) is 0 Å². The summed E-state index contributed by atoms with van der Waals surface area (Å²) < 4.78 is 60.6. The lowest BCUT2D eigenvalue weighted by molar-refractivity contribution is -0.265. The van der Waals surface area contributed by atoms with E-state index in [0.29, 0.717) is 189 Å². The maximum atomic E-state index is 14.8. The summed E-state index contributed by atoms with van der Waals surface area (Å²) in [7, 11) is 4.51. The maximum Gasteiger partial charge on any atom is 0.329 e. The first kappa shape index (κ1) is 100. The largest absolute Gasteiger partial charge is 0.460 e. The topological polar surface area (TPSA) is 453 Å². The molecule has 4 fully saturated rings. The fourth-order valence-corrected chi connectivity index (χ4v) is 17.5. The molecule has 4 aliphatic heterocycles. The molecule has 6 aromatic heterocycles. The summed E-state index contributed by atoms with van der Waals surface area (Å²) in [6, 6.07) is 2.73. The SMILES string of the molecule is CO[C@H]1C[C@@H]2CC[C@@H](C)[C@@](O)(O2)C(=O)C(=O)N2CCCC[C@H]2C(=O)O[C@H]([C@H](C)C[C@@H]2CC[C@@H](OC(=O)CCc3cnc(N4CCN(c5ncc(C(=O)NCCOCCOCCOCCOCCC(=O)NCCCCn6nc(-c7cnc8[nH]ccc8c7)c7c(N)ncnc76)cn5)CC4)nc3)[C@H](OC)C2)CC(=O)[C@H](C)/C=C(\C)[C@@H](O)[C@@H](OC)C(=O)[C@H](C)C[C@H](C)/C=C/C=C/C=C/1C. The predicted octanol–water partition coefficient (Wildman–Crippen LogP) is 8.32. The number of aromatic nitrogens is 10. The van der Waals surface area contributed by atoms with Gasteiger partial charge in [0, 0.05) is 165 Å². The number of piperazine rings is 1. The number of Topliss-reactive ketones (excluding diaryl/α,β-unsaturated/α-hetero) is 3. The van der Waals surface area contributed by atoms with Crippen molar-refractivity contribution in [1.82, 2.24) is 65.2 Å². The lowest BCUT2D eigenvalue weighted by Gasteiger charge is -2.42. The second-order valence-electron chi connectivity index (χ2n) is 34.9. The van der Waals surface area contributed by atoms with Crippen molar-refractivity contribution in [2.45, 2.75) is 219 Å². The van der Waals surface area contributed by atoms with Crippen LogP contribution in [-0.2, 0) is 93.9 Å². The zero-order valence-electron chi connectivity index (χ0n) is 76.8. The average molecular weight is 1810 g/mol. The number of nitrogens with one attached hydrogen (secondary N) is 3.